The Balaban J connectivity index is 2.09. The fourth-order valence-corrected chi connectivity index (χ4v) is 3.20. The number of carbonyl (C=O) groups excluding carboxylic acids is 1. The molecule has 20 heavy (non-hydrogen) atoms. The molecule has 1 saturated heterocycles. The third-order valence-corrected chi connectivity index (χ3v) is 4.52. The van der Waals surface area contributed by atoms with Crippen molar-refractivity contribution in [2.45, 2.75) is 0 Å². The summed E-state index contributed by atoms with van der Waals surface area (Å²) in [6.07, 6.45) is 0. The number of piperazine rings is 1. The first-order valence-electron chi connectivity index (χ1n) is 5.80. The second-order valence-electron chi connectivity index (χ2n) is 4.39. The molecular formula is C11H13Cl2N3O3S. The van der Waals surface area contributed by atoms with Gasteiger partial charge in [0.25, 0.3) is 16.1 Å². The molecule has 0 radical (unpaired) electrons. The molecule has 1 aliphatic heterocycles. The van der Waals surface area contributed by atoms with Gasteiger partial charge in [-0.3, -0.25) is 4.79 Å². The van der Waals surface area contributed by atoms with Crippen LogP contribution in [0.3, 0.4) is 0 Å². The van der Waals surface area contributed by atoms with Gasteiger partial charge in [0.2, 0.25) is 0 Å². The number of amides is 1. The maximum Gasteiger partial charge on any atom is 0.277 e. The minimum absolute atomic E-state index is 0.179. The van der Waals surface area contributed by atoms with Crippen LogP contribution in [0.25, 0.3) is 0 Å². The second-order valence-corrected chi connectivity index (χ2v) is 6.81. The van der Waals surface area contributed by atoms with E-state index in [9.17, 15) is 13.2 Å². The van der Waals surface area contributed by atoms with Gasteiger partial charge in [0, 0.05) is 41.8 Å². The number of halogens is 2. The fourth-order valence-electron chi connectivity index (χ4n) is 2.01. The van der Waals surface area contributed by atoms with Gasteiger partial charge in [0.05, 0.1) is 0 Å². The lowest BCUT2D eigenvalue weighted by Crippen LogP contribution is -2.52. The van der Waals surface area contributed by atoms with Crippen LogP contribution in [0.5, 0.6) is 0 Å². The summed E-state index contributed by atoms with van der Waals surface area (Å²) in [4.78, 5) is 13.8. The van der Waals surface area contributed by atoms with E-state index < -0.39 is 10.2 Å². The average Bonchev–Trinajstić information content (AvgIpc) is 2.36. The molecule has 0 spiro atoms. The number of hydrogen-bond donors (Lipinski definition) is 1. The van der Waals surface area contributed by atoms with Crippen molar-refractivity contribution in [1.82, 2.24) is 9.21 Å². The number of benzene rings is 1. The molecule has 0 saturated carbocycles. The molecule has 6 nitrogen and oxygen atoms in total. The normalized spacial score (nSPS) is 17.2. The third-order valence-electron chi connectivity index (χ3n) is 3.00. The van der Waals surface area contributed by atoms with Gasteiger partial charge in [0.15, 0.2) is 0 Å². The van der Waals surface area contributed by atoms with Gasteiger partial charge in [-0.2, -0.15) is 12.7 Å². The highest BCUT2D eigenvalue weighted by atomic mass is 35.5. The fraction of sp³-hybridized carbons (Fsp3) is 0.364. The number of rotatable bonds is 2. The zero-order chi connectivity index (χ0) is 14.9. The van der Waals surface area contributed by atoms with Crippen LogP contribution in [0.2, 0.25) is 10.0 Å². The van der Waals surface area contributed by atoms with Crippen LogP contribution < -0.4 is 5.14 Å². The molecular weight excluding hydrogens is 325 g/mol. The molecule has 1 aromatic rings. The number of hydrogen-bond acceptors (Lipinski definition) is 3. The van der Waals surface area contributed by atoms with Crippen molar-refractivity contribution >= 4 is 39.3 Å². The molecule has 1 aromatic carbocycles. The first-order valence-corrected chi connectivity index (χ1v) is 8.06. The van der Waals surface area contributed by atoms with Crippen LogP contribution in [0.15, 0.2) is 18.2 Å². The molecule has 1 fully saturated rings. The Morgan fingerprint density at radius 1 is 1.05 bits per heavy atom. The Labute approximate surface area is 127 Å². The predicted octanol–water partition coefficient (Wildman–Crippen LogP) is 0.955. The Morgan fingerprint density at radius 3 is 2.00 bits per heavy atom. The molecule has 0 bridgehead atoms. The zero-order valence-electron chi connectivity index (χ0n) is 10.4. The lowest BCUT2D eigenvalue weighted by Gasteiger charge is -2.33. The zero-order valence-corrected chi connectivity index (χ0v) is 12.7. The molecule has 0 atom stereocenters. The Kier molecular flexibility index (Phi) is 4.55. The van der Waals surface area contributed by atoms with Crippen LogP contribution in [0, 0.1) is 0 Å². The Morgan fingerprint density at radius 2 is 1.55 bits per heavy atom. The number of carbonyl (C=O) groups is 1. The molecule has 110 valence electrons. The highest BCUT2D eigenvalue weighted by molar-refractivity contribution is 7.86. The smallest absolute Gasteiger partial charge is 0.277 e. The summed E-state index contributed by atoms with van der Waals surface area (Å²) in [6, 6.07) is 4.60. The molecule has 0 unspecified atom stereocenters. The largest absolute Gasteiger partial charge is 0.336 e. The highest BCUT2D eigenvalue weighted by Crippen LogP contribution is 2.20. The van der Waals surface area contributed by atoms with Crippen molar-refractivity contribution in [3.05, 3.63) is 33.8 Å². The lowest BCUT2D eigenvalue weighted by atomic mass is 10.2. The molecule has 0 aliphatic carbocycles. The van der Waals surface area contributed by atoms with Crippen LogP contribution in [0.1, 0.15) is 10.4 Å². The van der Waals surface area contributed by atoms with Crippen molar-refractivity contribution in [1.29, 1.82) is 0 Å². The van der Waals surface area contributed by atoms with Gasteiger partial charge in [0.1, 0.15) is 0 Å². The second kappa shape index (κ2) is 5.87. The van der Waals surface area contributed by atoms with E-state index in [-0.39, 0.29) is 32.1 Å². The van der Waals surface area contributed by atoms with E-state index in [2.05, 4.69) is 0 Å². The van der Waals surface area contributed by atoms with E-state index in [1.54, 1.807) is 11.0 Å². The maximum atomic E-state index is 12.3. The molecule has 9 heteroatoms. The molecule has 2 rings (SSSR count). The Bertz CT molecular complexity index is 608. The van der Waals surface area contributed by atoms with E-state index in [1.165, 1.54) is 12.1 Å². The van der Waals surface area contributed by atoms with E-state index >= 15 is 0 Å². The van der Waals surface area contributed by atoms with E-state index in [0.717, 1.165) is 4.31 Å². The minimum Gasteiger partial charge on any atom is -0.336 e. The van der Waals surface area contributed by atoms with Crippen molar-refractivity contribution in [2.75, 3.05) is 26.2 Å². The van der Waals surface area contributed by atoms with Gasteiger partial charge in [-0.25, -0.2) is 5.14 Å². The highest BCUT2D eigenvalue weighted by Gasteiger charge is 2.27. The summed E-state index contributed by atoms with van der Waals surface area (Å²) in [5.41, 5.74) is 0.381. The molecule has 1 heterocycles. The summed E-state index contributed by atoms with van der Waals surface area (Å²) in [7, 11) is -3.70. The van der Waals surface area contributed by atoms with Gasteiger partial charge in [-0.1, -0.05) is 23.2 Å². The maximum absolute atomic E-state index is 12.3. The van der Waals surface area contributed by atoms with Crippen molar-refractivity contribution in [3.8, 4) is 0 Å². The van der Waals surface area contributed by atoms with Gasteiger partial charge >= 0.3 is 0 Å². The van der Waals surface area contributed by atoms with Gasteiger partial charge < -0.3 is 4.90 Å². The van der Waals surface area contributed by atoms with Gasteiger partial charge in [-0.05, 0) is 18.2 Å². The standard InChI is InChI=1S/C11H13Cl2N3O3S/c12-9-5-8(6-10(13)7-9)11(17)15-1-3-16(4-2-15)20(14,18)19/h5-7H,1-4H2,(H2,14,18,19). The minimum atomic E-state index is -3.70. The SMILES string of the molecule is NS(=O)(=O)N1CCN(C(=O)c2cc(Cl)cc(Cl)c2)CC1. The number of nitrogens with zero attached hydrogens (tertiary/aromatic N) is 2. The van der Waals surface area contributed by atoms with Crippen molar-refractivity contribution in [3.63, 3.8) is 0 Å². The third kappa shape index (κ3) is 3.62. The quantitative estimate of drug-likeness (QED) is 0.872. The van der Waals surface area contributed by atoms with E-state index in [4.69, 9.17) is 28.3 Å². The molecule has 0 aromatic heterocycles. The van der Waals surface area contributed by atoms with Gasteiger partial charge in [-0.15, -0.1) is 0 Å². The summed E-state index contributed by atoms with van der Waals surface area (Å²) in [5.74, 6) is -0.233. The number of nitrogens with two attached hydrogens (primary N) is 1. The molecule has 1 aliphatic rings. The average molecular weight is 338 g/mol. The Hall–Kier alpha value is -0.860. The van der Waals surface area contributed by atoms with Crippen LogP contribution in [0.4, 0.5) is 0 Å². The van der Waals surface area contributed by atoms with Crippen LogP contribution in [-0.2, 0) is 10.2 Å². The monoisotopic (exact) mass is 337 g/mol. The summed E-state index contributed by atoms with van der Waals surface area (Å²) in [5, 5.41) is 5.80. The summed E-state index contributed by atoms with van der Waals surface area (Å²) in [6.45, 7) is 0.913. The predicted molar refractivity (Wildman–Crippen MR) is 77.0 cm³/mol. The van der Waals surface area contributed by atoms with Crippen LogP contribution in [-0.4, -0.2) is 49.7 Å². The van der Waals surface area contributed by atoms with Crippen molar-refractivity contribution in [2.24, 2.45) is 5.14 Å². The lowest BCUT2D eigenvalue weighted by molar-refractivity contribution is 0.0698. The van der Waals surface area contributed by atoms with E-state index in [0.29, 0.717) is 15.6 Å². The summed E-state index contributed by atoms with van der Waals surface area (Å²) >= 11 is 11.7. The summed E-state index contributed by atoms with van der Waals surface area (Å²) < 4.78 is 23.5. The van der Waals surface area contributed by atoms with Crippen LogP contribution >= 0.6 is 23.2 Å². The first-order chi connectivity index (χ1) is 9.27. The van der Waals surface area contributed by atoms with E-state index in [1.807, 2.05) is 0 Å². The van der Waals surface area contributed by atoms with Crippen molar-refractivity contribution < 1.29 is 13.2 Å². The molecule has 2 N–H and O–H groups in total. The molecule has 1 amide bonds. The first kappa shape index (κ1) is 15.5. The topological polar surface area (TPSA) is 83.7 Å².